The van der Waals surface area contributed by atoms with E-state index < -0.39 is 10.0 Å². The van der Waals surface area contributed by atoms with E-state index in [1.807, 2.05) is 18.2 Å². The Hall–Kier alpha value is -2.62. The molecule has 8 nitrogen and oxygen atoms in total. The van der Waals surface area contributed by atoms with Crippen molar-refractivity contribution in [2.75, 3.05) is 46.1 Å². The predicted molar refractivity (Wildman–Crippen MR) is 118 cm³/mol. The first-order valence-electron chi connectivity index (χ1n) is 11.0. The topological polar surface area (TPSA) is 79.4 Å². The van der Waals surface area contributed by atoms with E-state index in [4.69, 9.17) is 9.47 Å². The summed E-state index contributed by atoms with van der Waals surface area (Å²) in [5.74, 6) is 1.43. The highest BCUT2D eigenvalue weighted by Gasteiger charge is 2.29. The van der Waals surface area contributed by atoms with Crippen LogP contribution in [0.2, 0.25) is 0 Å². The van der Waals surface area contributed by atoms with Crippen LogP contribution in [0.3, 0.4) is 0 Å². The summed E-state index contributed by atoms with van der Waals surface area (Å²) in [5.41, 5.74) is 1.57. The fraction of sp³-hybridized carbons (Fsp3) is 0.435. The van der Waals surface area contributed by atoms with E-state index in [2.05, 4.69) is 4.90 Å². The summed E-state index contributed by atoms with van der Waals surface area (Å²) in [6, 6.07) is 12.4. The number of sulfonamides is 1. The van der Waals surface area contributed by atoms with Crippen molar-refractivity contribution in [1.82, 2.24) is 14.1 Å². The number of amides is 1. The number of rotatable bonds is 5. The van der Waals surface area contributed by atoms with Crippen molar-refractivity contribution >= 4 is 15.9 Å². The molecule has 3 aliphatic rings. The van der Waals surface area contributed by atoms with Gasteiger partial charge >= 0.3 is 0 Å². The van der Waals surface area contributed by atoms with E-state index in [1.165, 1.54) is 10.4 Å². The van der Waals surface area contributed by atoms with Crippen molar-refractivity contribution < 1.29 is 22.7 Å². The summed E-state index contributed by atoms with van der Waals surface area (Å²) in [7, 11) is -3.54. The van der Waals surface area contributed by atoms with Gasteiger partial charge in [-0.15, -0.1) is 0 Å². The maximum atomic E-state index is 13.1. The highest BCUT2D eigenvalue weighted by Crippen LogP contribution is 2.33. The third-order valence-corrected chi connectivity index (χ3v) is 8.18. The minimum atomic E-state index is -3.54. The minimum Gasteiger partial charge on any atom is -0.454 e. The van der Waals surface area contributed by atoms with Gasteiger partial charge in [0.2, 0.25) is 16.8 Å². The molecule has 2 fully saturated rings. The molecule has 2 saturated heterocycles. The summed E-state index contributed by atoms with van der Waals surface area (Å²) >= 11 is 0. The molecule has 3 heterocycles. The van der Waals surface area contributed by atoms with E-state index in [-0.39, 0.29) is 17.6 Å². The molecule has 32 heavy (non-hydrogen) atoms. The van der Waals surface area contributed by atoms with Crippen molar-refractivity contribution in [2.24, 2.45) is 0 Å². The first-order chi connectivity index (χ1) is 15.5. The summed E-state index contributed by atoms with van der Waals surface area (Å²) in [6.45, 7) is 4.86. The molecule has 1 amide bonds. The first-order valence-corrected chi connectivity index (χ1v) is 12.4. The van der Waals surface area contributed by atoms with Crippen LogP contribution >= 0.6 is 0 Å². The molecule has 3 aliphatic heterocycles. The molecule has 9 heteroatoms. The Morgan fingerprint density at radius 1 is 0.875 bits per heavy atom. The molecule has 2 aromatic carbocycles. The van der Waals surface area contributed by atoms with Crippen LogP contribution in [0, 0.1) is 0 Å². The Morgan fingerprint density at radius 2 is 1.62 bits per heavy atom. The van der Waals surface area contributed by atoms with E-state index in [0.717, 1.165) is 49.5 Å². The van der Waals surface area contributed by atoms with Crippen LogP contribution in [0.4, 0.5) is 0 Å². The molecule has 5 rings (SSSR count). The van der Waals surface area contributed by atoms with Crippen molar-refractivity contribution in [2.45, 2.75) is 24.3 Å². The minimum absolute atomic E-state index is 0.119. The van der Waals surface area contributed by atoms with Crippen molar-refractivity contribution in [3.8, 4) is 11.5 Å². The Labute approximate surface area is 188 Å². The third kappa shape index (κ3) is 4.20. The van der Waals surface area contributed by atoms with Gasteiger partial charge in [0.05, 0.1) is 4.90 Å². The van der Waals surface area contributed by atoms with Crippen molar-refractivity contribution in [1.29, 1.82) is 0 Å². The molecular weight excluding hydrogens is 430 g/mol. The normalized spacial score (nSPS) is 19.4. The predicted octanol–water partition coefficient (Wildman–Crippen LogP) is 2.16. The molecule has 0 radical (unpaired) electrons. The first kappa shape index (κ1) is 21.2. The smallest absolute Gasteiger partial charge is 0.253 e. The number of carbonyl (C=O) groups is 1. The molecular formula is C23H27N3O5S. The molecule has 0 atom stereocenters. The highest BCUT2D eigenvalue weighted by atomic mass is 32.2. The lowest BCUT2D eigenvalue weighted by atomic mass is 10.1. The molecule has 0 unspecified atom stereocenters. The number of benzene rings is 2. The maximum Gasteiger partial charge on any atom is 0.253 e. The van der Waals surface area contributed by atoms with Gasteiger partial charge in [-0.25, -0.2) is 8.42 Å². The molecule has 0 aromatic heterocycles. The number of piperazine rings is 1. The fourth-order valence-electron chi connectivity index (χ4n) is 4.46. The van der Waals surface area contributed by atoms with Crippen LogP contribution < -0.4 is 9.47 Å². The summed E-state index contributed by atoms with van der Waals surface area (Å²) in [6.07, 6.45) is 1.77. The second kappa shape index (κ2) is 8.73. The molecule has 0 aliphatic carbocycles. The fourth-order valence-corrected chi connectivity index (χ4v) is 6.02. The molecule has 0 bridgehead atoms. The molecule has 0 spiro atoms. The number of carbonyl (C=O) groups excluding carboxylic acids is 1. The largest absolute Gasteiger partial charge is 0.454 e. The lowest BCUT2D eigenvalue weighted by Gasteiger charge is -2.35. The number of nitrogens with zero attached hydrogens (tertiary/aromatic N) is 3. The van der Waals surface area contributed by atoms with Crippen molar-refractivity contribution in [3.63, 3.8) is 0 Å². The summed E-state index contributed by atoms with van der Waals surface area (Å²) in [5, 5.41) is 0. The molecule has 170 valence electrons. The number of hydrogen-bond donors (Lipinski definition) is 0. The Balaban J connectivity index is 1.21. The molecule has 0 saturated carbocycles. The van der Waals surface area contributed by atoms with Gasteiger partial charge in [0.1, 0.15) is 0 Å². The van der Waals surface area contributed by atoms with E-state index in [9.17, 15) is 13.2 Å². The SMILES string of the molecule is O=C(c1cccc(S(=O)(=O)N2CCCC2)c1)N1CCN(Cc2ccc3c(c2)OCO3)CC1. The van der Waals surface area contributed by atoms with Gasteiger partial charge in [0.15, 0.2) is 11.5 Å². The lowest BCUT2D eigenvalue weighted by molar-refractivity contribution is 0.0628. The third-order valence-electron chi connectivity index (χ3n) is 6.29. The van der Waals surface area contributed by atoms with Gasteiger partial charge in [-0.05, 0) is 48.7 Å². The van der Waals surface area contributed by atoms with Crippen molar-refractivity contribution in [3.05, 3.63) is 53.6 Å². The zero-order valence-corrected chi connectivity index (χ0v) is 18.7. The second-order valence-corrected chi connectivity index (χ2v) is 10.3. The zero-order chi connectivity index (χ0) is 22.1. The Bertz CT molecular complexity index is 1110. The number of ether oxygens (including phenoxy) is 2. The highest BCUT2D eigenvalue weighted by molar-refractivity contribution is 7.89. The Kier molecular flexibility index (Phi) is 5.79. The van der Waals surface area contributed by atoms with Crippen LogP contribution in [-0.4, -0.2) is 74.5 Å². The average molecular weight is 458 g/mol. The van der Waals surface area contributed by atoms with Crippen LogP contribution in [0.15, 0.2) is 47.4 Å². The number of fused-ring (bicyclic) bond motifs is 1. The quantitative estimate of drug-likeness (QED) is 0.685. The van der Waals surface area contributed by atoms with Gasteiger partial charge in [0.25, 0.3) is 5.91 Å². The Morgan fingerprint density at radius 3 is 2.41 bits per heavy atom. The van der Waals surface area contributed by atoms with Gasteiger partial charge in [-0.2, -0.15) is 4.31 Å². The second-order valence-electron chi connectivity index (χ2n) is 8.39. The average Bonchev–Trinajstić information content (AvgIpc) is 3.51. The molecule has 0 N–H and O–H groups in total. The van der Waals surface area contributed by atoms with Gasteiger partial charge < -0.3 is 14.4 Å². The van der Waals surface area contributed by atoms with Crippen LogP contribution in [-0.2, 0) is 16.6 Å². The maximum absolute atomic E-state index is 13.1. The van der Waals surface area contributed by atoms with E-state index in [0.29, 0.717) is 31.7 Å². The van der Waals surface area contributed by atoms with Crippen LogP contribution in [0.25, 0.3) is 0 Å². The summed E-state index contributed by atoms with van der Waals surface area (Å²) in [4.78, 5) is 17.4. The lowest BCUT2D eigenvalue weighted by Crippen LogP contribution is -2.48. The van der Waals surface area contributed by atoms with Gasteiger partial charge in [0, 0.05) is 51.4 Å². The van der Waals surface area contributed by atoms with Gasteiger partial charge in [-0.3, -0.25) is 9.69 Å². The zero-order valence-electron chi connectivity index (χ0n) is 17.9. The number of hydrogen-bond acceptors (Lipinski definition) is 6. The molecule has 2 aromatic rings. The van der Waals surface area contributed by atoms with Crippen LogP contribution in [0.1, 0.15) is 28.8 Å². The summed E-state index contributed by atoms with van der Waals surface area (Å²) < 4.78 is 38.0. The monoisotopic (exact) mass is 457 g/mol. The van der Waals surface area contributed by atoms with Gasteiger partial charge in [-0.1, -0.05) is 12.1 Å². The van der Waals surface area contributed by atoms with E-state index >= 15 is 0 Å². The standard InChI is InChI=1S/C23H27N3O5S/c27-23(19-4-3-5-20(15-19)32(28,29)26-8-1-2-9-26)25-12-10-24(11-13-25)16-18-6-7-21-22(14-18)31-17-30-21/h3-7,14-15H,1-2,8-13,16-17H2. The van der Waals surface area contributed by atoms with Crippen LogP contribution in [0.5, 0.6) is 11.5 Å². The van der Waals surface area contributed by atoms with E-state index in [1.54, 1.807) is 23.1 Å².